The molecule has 0 spiro atoms. The predicted molar refractivity (Wildman–Crippen MR) is 134 cm³/mol. The second-order valence-electron chi connectivity index (χ2n) is 9.31. The van der Waals surface area contributed by atoms with Crippen LogP contribution in [0, 0.1) is 0 Å². The van der Waals surface area contributed by atoms with E-state index in [2.05, 4.69) is 18.7 Å². The lowest BCUT2D eigenvalue weighted by atomic mass is 9.96. The summed E-state index contributed by atoms with van der Waals surface area (Å²) in [5.74, 6) is -1.02. The third-order valence-corrected chi connectivity index (χ3v) is 10.4. The fourth-order valence-electron chi connectivity index (χ4n) is 4.96. The number of hydrogen-bond acceptors (Lipinski definition) is 6. The van der Waals surface area contributed by atoms with E-state index in [-0.39, 0.29) is 16.2 Å². The minimum absolute atomic E-state index is 0.0705. The van der Waals surface area contributed by atoms with Crippen LogP contribution < -0.4 is 5.73 Å². The number of likely N-dealkylation sites (tertiary alicyclic amines) is 2. The van der Waals surface area contributed by atoms with Crippen molar-refractivity contribution in [2.24, 2.45) is 5.73 Å². The highest BCUT2D eigenvalue weighted by atomic mass is 35.5. The SMILES string of the molecule is CC(C)N1CCC(N2CCCC(N(CC(N)=O)S(=O)(=O)c3cc4ccc(Cl)cc4s3)C2=O)CC1. The second kappa shape index (κ2) is 10.1. The van der Waals surface area contributed by atoms with E-state index in [1.807, 2.05) is 4.90 Å². The number of sulfonamides is 1. The van der Waals surface area contributed by atoms with Gasteiger partial charge in [0, 0.05) is 41.4 Å². The van der Waals surface area contributed by atoms with Gasteiger partial charge in [-0.25, -0.2) is 8.42 Å². The zero-order chi connectivity index (χ0) is 24.6. The van der Waals surface area contributed by atoms with E-state index >= 15 is 0 Å². The summed E-state index contributed by atoms with van der Waals surface area (Å²) < 4.78 is 29.2. The van der Waals surface area contributed by atoms with Gasteiger partial charge in [-0.05, 0) is 63.1 Å². The molecule has 186 valence electrons. The van der Waals surface area contributed by atoms with Crippen molar-refractivity contribution in [1.29, 1.82) is 0 Å². The predicted octanol–water partition coefficient (Wildman–Crippen LogP) is 2.89. The van der Waals surface area contributed by atoms with Crippen molar-refractivity contribution in [2.75, 3.05) is 26.2 Å². The first-order valence-electron chi connectivity index (χ1n) is 11.6. The first-order chi connectivity index (χ1) is 16.1. The standard InChI is InChI=1S/C23H31ClN4O4S2/c1-15(2)26-10-7-18(8-11-26)27-9-3-4-19(23(27)30)28(14-21(25)29)34(31,32)22-12-16-5-6-17(24)13-20(16)33-22/h5-6,12-13,15,18-19H,3-4,7-11,14H2,1-2H3,(H2,25,29). The minimum atomic E-state index is -4.13. The molecule has 11 heteroatoms. The molecule has 8 nitrogen and oxygen atoms in total. The Bertz CT molecular complexity index is 1170. The molecule has 2 fully saturated rings. The summed E-state index contributed by atoms with van der Waals surface area (Å²) in [5, 5.41) is 1.24. The summed E-state index contributed by atoms with van der Waals surface area (Å²) in [6.45, 7) is 6.21. The molecule has 1 aromatic heterocycles. The maximum absolute atomic E-state index is 13.7. The van der Waals surface area contributed by atoms with Gasteiger partial charge < -0.3 is 15.5 Å². The van der Waals surface area contributed by atoms with Gasteiger partial charge in [0.15, 0.2) is 0 Å². The van der Waals surface area contributed by atoms with E-state index in [0.29, 0.717) is 30.5 Å². The van der Waals surface area contributed by atoms with Gasteiger partial charge in [0.05, 0.1) is 6.54 Å². The Morgan fingerprint density at radius 1 is 1.21 bits per heavy atom. The van der Waals surface area contributed by atoms with E-state index in [1.165, 1.54) is 0 Å². The van der Waals surface area contributed by atoms with E-state index in [9.17, 15) is 18.0 Å². The van der Waals surface area contributed by atoms with Crippen LogP contribution in [0.2, 0.25) is 5.02 Å². The number of nitrogens with zero attached hydrogens (tertiary/aromatic N) is 3. The number of carbonyl (C=O) groups is 2. The van der Waals surface area contributed by atoms with Crippen LogP contribution in [0.3, 0.4) is 0 Å². The average Bonchev–Trinajstić information content (AvgIpc) is 3.22. The molecule has 2 aliphatic heterocycles. The summed E-state index contributed by atoms with van der Waals surface area (Å²) >= 11 is 7.14. The second-order valence-corrected chi connectivity index (χ2v) is 13.0. The topological polar surface area (TPSA) is 104 Å². The fourth-order valence-corrected chi connectivity index (χ4v) is 8.35. The van der Waals surface area contributed by atoms with Crippen LogP contribution in [0.25, 0.3) is 10.1 Å². The third kappa shape index (κ3) is 5.11. The molecule has 34 heavy (non-hydrogen) atoms. The number of piperidine rings is 2. The smallest absolute Gasteiger partial charge is 0.253 e. The largest absolute Gasteiger partial charge is 0.369 e. The number of benzene rings is 1. The van der Waals surface area contributed by atoms with Crippen molar-refractivity contribution in [3.8, 4) is 0 Å². The lowest BCUT2D eigenvalue weighted by molar-refractivity contribution is -0.142. The summed E-state index contributed by atoms with van der Waals surface area (Å²) in [6, 6.07) is 6.31. The van der Waals surface area contributed by atoms with Gasteiger partial charge in [-0.1, -0.05) is 17.7 Å². The van der Waals surface area contributed by atoms with Crippen molar-refractivity contribution in [1.82, 2.24) is 14.1 Å². The average molecular weight is 527 g/mol. The molecule has 0 saturated carbocycles. The normalized spacial score (nSPS) is 21.1. The molecular weight excluding hydrogens is 496 g/mol. The maximum atomic E-state index is 13.7. The van der Waals surface area contributed by atoms with Crippen LogP contribution in [-0.4, -0.2) is 78.6 Å². The van der Waals surface area contributed by atoms with E-state index < -0.39 is 28.5 Å². The van der Waals surface area contributed by atoms with Gasteiger partial charge in [0.1, 0.15) is 10.3 Å². The van der Waals surface area contributed by atoms with Crippen LogP contribution in [0.1, 0.15) is 39.5 Å². The Balaban J connectivity index is 1.61. The molecule has 2 N–H and O–H groups in total. The molecule has 1 unspecified atom stereocenters. The van der Waals surface area contributed by atoms with E-state index in [1.54, 1.807) is 24.3 Å². The first-order valence-corrected chi connectivity index (χ1v) is 14.2. The number of halogens is 1. The number of thiophene rings is 1. The molecule has 2 amide bonds. The zero-order valence-electron chi connectivity index (χ0n) is 19.4. The van der Waals surface area contributed by atoms with Crippen LogP contribution in [0.15, 0.2) is 28.5 Å². The van der Waals surface area contributed by atoms with Gasteiger partial charge in [-0.15, -0.1) is 11.3 Å². The van der Waals surface area contributed by atoms with Crippen LogP contribution in [0.5, 0.6) is 0 Å². The lowest BCUT2D eigenvalue weighted by Crippen LogP contribution is -2.59. The highest BCUT2D eigenvalue weighted by Crippen LogP contribution is 2.35. The number of rotatable bonds is 7. The maximum Gasteiger partial charge on any atom is 0.253 e. The summed E-state index contributed by atoms with van der Waals surface area (Å²) in [7, 11) is -4.13. The Morgan fingerprint density at radius 3 is 2.56 bits per heavy atom. The van der Waals surface area contributed by atoms with Crippen molar-refractivity contribution in [3.63, 3.8) is 0 Å². The molecule has 0 radical (unpaired) electrons. The molecule has 0 bridgehead atoms. The Morgan fingerprint density at radius 2 is 1.91 bits per heavy atom. The Labute approximate surface area is 209 Å². The van der Waals surface area contributed by atoms with Crippen LogP contribution >= 0.6 is 22.9 Å². The van der Waals surface area contributed by atoms with E-state index in [4.69, 9.17) is 17.3 Å². The van der Waals surface area contributed by atoms with Crippen LogP contribution in [-0.2, 0) is 19.6 Å². The molecule has 2 aliphatic rings. The fraction of sp³-hybridized carbons (Fsp3) is 0.565. The van der Waals surface area contributed by atoms with Crippen molar-refractivity contribution in [3.05, 3.63) is 29.3 Å². The molecular formula is C23H31ClN4O4S2. The first kappa shape index (κ1) is 25.4. The lowest BCUT2D eigenvalue weighted by Gasteiger charge is -2.44. The summed E-state index contributed by atoms with van der Waals surface area (Å²) in [4.78, 5) is 29.7. The molecule has 0 aliphatic carbocycles. The molecule has 2 aromatic rings. The van der Waals surface area contributed by atoms with Gasteiger partial charge in [-0.3, -0.25) is 9.59 Å². The molecule has 4 rings (SSSR count). The molecule has 1 atom stereocenters. The van der Waals surface area contributed by atoms with Crippen molar-refractivity contribution >= 4 is 54.9 Å². The van der Waals surface area contributed by atoms with Crippen molar-refractivity contribution < 1.29 is 18.0 Å². The van der Waals surface area contributed by atoms with Gasteiger partial charge in [0.25, 0.3) is 10.0 Å². The number of carbonyl (C=O) groups excluding carboxylic acids is 2. The quantitative estimate of drug-likeness (QED) is 0.597. The minimum Gasteiger partial charge on any atom is -0.369 e. The van der Waals surface area contributed by atoms with E-state index in [0.717, 1.165) is 51.7 Å². The van der Waals surface area contributed by atoms with Crippen molar-refractivity contribution in [2.45, 2.75) is 61.9 Å². The van der Waals surface area contributed by atoms with Gasteiger partial charge >= 0.3 is 0 Å². The van der Waals surface area contributed by atoms with Gasteiger partial charge in [-0.2, -0.15) is 4.31 Å². The molecule has 3 heterocycles. The monoisotopic (exact) mass is 526 g/mol. The highest BCUT2D eigenvalue weighted by Gasteiger charge is 2.43. The summed E-state index contributed by atoms with van der Waals surface area (Å²) in [6.07, 6.45) is 2.75. The number of hydrogen-bond donors (Lipinski definition) is 1. The number of nitrogens with two attached hydrogens (primary N) is 1. The number of fused-ring (bicyclic) bond motifs is 1. The third-order valence-electron chi connectivity index (χ3n) is 6.80. The van der Waals surface area contributed by atoms with Crippen LogP contribution in [0.4, 0.5) is 0 Å². The summed E-state index contributed by atoms with van der Waals surface area (Å²) in [5.41, 5.74) is 5.45. The Hall–Kier alpha value is -1.72. The molecule has 1 aromatic carbocycles. The number of amides is 2. The molecule has 2 saturated heterocycles. The Kier molecular flexibility index (Phi) is 7.54. The number of primary amides is 1. The highest BCUT2D eigenvalue weighted by molar-refractivity contribution is 7.91. The van der Waals surface area contributed by atoms with Gasteiger partial charge in [0.2, 0.25) is 11.8 Å². The zero-order valence-corrected chi connectivity index (χ0v) is 21.8.